The third kappa shape index (κ3) is 3.21. The maximum atomic E-state index is 13.8. The predicted octanol–water partition coefficient (Wildman–Crippen LogP) is 1.56. The van der Waals surface area contributed by atoms with Crippen molar-refractivity contribution in [2.45, 2.75) is 26.7 Å². The van der Waals surface area contributed by atoms with Gasteiger partial charge < -0.3 is 16.4 Å². The Balaban J connectivity index is 2.26. The van der Waals surface area contributed by atoms with E-state index in [1.54, 1.807) is 6.92 Å². The number of carbonyl (C=O) groups is 2. The molecule has 5 nitrogen and oxygen atoms in total. The van der Waals surface area contributed by atoms with Crippen molar-refractivity contribution >= 4 is 17.5 Å². The Morgan fingerprint density at radius 1 is 1.43 bits per heavy atom. The first-order valence-electron chi connectivity index (χ1n) is 6.95. The van der Waals surface area contributed by atoms with Crippen LogP contribution in [0.1, 0.15) is 35.7 Å². The zero-order chi connectivity index (χ0) is 15.6. The van der Waals surface area contributed by atoms with Crippen LogP contribution >= 0.6 is 0 Å². The molecule has 0 radical (unpaired) electrons. The summed E-state index contributed by atoms with van der Waals surface area (Å²) in [4.78, 5) is 23.6. The molecule has 1 aliphatic rings. The van der Waals surface area contributed by atoms with Gasteiger partial charge in [-0.1, -0.05) is 0 Å². The number of benzene rings is 1. The fourth-order valence-corrected chi connectivity index (χ4v) is 2.47. The van der Waals surface area contributed by atoms with Gasteiger partial charge in [-0.05, 0) is 45.4 Å². The Morgan fingerprint density at radius 2 is 2.14 bits per heavy atom. The average molecular weight is 293 g/mol. The number of nitrogens with one attached hydrogen (secondary N) is 2. The van der Waals surface area contributed by atoms with Gasteiger partial charge in [-0.15, -0.1) is 0 Å². The van der Waals surface area contributed by atoms with Crippen LogP contribution < -0.4 is 16.4 Å². The van der Waals surface area contributed by atoms with Gasteiger partial charge >= 0.3 is 0 Å². The Kier molecular flexibility index (Phi) is 4.27. The van der Waals surface area contributed by atoms with Crippen molar-refractivity contribution in [3.8, 4) is 0 Å². The van der Waals surface area contributed by atoms with Crippen LogP contribution in [-0.2, 0) is 4.79 Å². The maximum Gasteiger partial charge on any atom is 0.248 e. The molecular formula is C15H20FN3O2. The van der Waals surface area contributed by atoms with Crippen molar-refractivity contribution in [2.24, 2.45) is 11.1 Å². The summed E-state index contributed by atoms with van der Waals surface area (Å²) < 4.78 is 13.8. The maximum absolute atomic E-state index is 13.8. The number of rotatable bonds is 3. The van der Waals surface area contributed by atoms with Gasteiger partial charge in [0.1, 0.15) is 5.82 Å². The summed E-state index contributed by atoms with van der Waals surface area (Å²) >= 11 is 0. The Bertz CT molecular complexity index is 581. The lowest BCUT2D eigenvalue weighted by atomic mass is 9.82. The topological polar surface area (TPSA) is 84.2 Å². The first-order valence-corrected chi connectivity index (χ1v) is 6.95. The summed E-state index contributed by atoms with van der Waals surface area (Å²) in [6.07, 6.45) is 1.68. The highest BCUT2D eigenvalue weighted by Gasteiger charge is 2.35. The molecule has 1 atom stereocenters. The van der Waals surface area contributed by atoms with E-state index in [4.69, 9.17) is 5.73 Å². The molecule has 0 saturated carbocycles. The highest BCUT2D eigenvalue weighted by atomic mass is 19.1. The number of nitrogens with two attached hydrogens (primary N) is 1. The minimum absolute atomic E-state index is 0.0420. The first kappa shape index (κ1) is 15.4. The van der Waals surface area contributed by atoms with Crippen molar-refractivity contribution < 1.29 is 14.0 Å². The summed E-state index contributed by atoms with van der Waals surface area (Å²) in [6, 6.07) is 2.50. The zero-order valence-corrected chi connectivity index (χ0v) is 12.3. The van der Waals surface area contributed by atoms with Crippen molar-refractivity contribution in [2.75, 3.05) is 18.4 Å². The lowest BCUT2D eigenvalue weighted by Gasteiger charge is -2.32. The summed E-state index contributed by atoms with van der Waals surface area (Å²) in [7, 11) is 0. The molecule has 114 valence electrons. The van der Waals surface area contributed by atoms with Gasteiger partial charge in [0.15, 0.2) is 0 Å². The fraction of sp³-hybridized carbons (Fsp3) is 0.467. The average Bonchev–Trinajstić information content (AvgIpc) is 2.44. The van der Waals surface area contributed by atoms with Crippen LogP contribution in [0.5, 0.6) is 0 Å². The molecule has 1 unspecified atom stereocenters. The van der Waals surface area contributed by atoms with Gasteiger partial charge in [0, 0.05) is 23.4 Å². The van der Waals surface area contributed by atoms with Gasteiger partial charge in [0.05, 0.1) is 5.41 Å². The Labute approximate surface area is 123 Å². The van der Waals surface area contributed by atoms with Gasteiger partial charge in [0.25, 0.3) is 0 Å². The van der Waals surface area contributed by atoms with Crippen LogP contribution in [0, 0.1) is 18.2 Å². The Hall–Kier alpha value is -1.95. The molecule has 0 bridgehead atoms. The number of carbonyl (C=O) groups excluding carboxylic acids is 2. The van der Waals surface area contributed by atoms with Crippen molar-refractivity contribution in [1.82, 2.24) is 5.32 Å². The largest absolute Gasteiger partial charge is 0.366 e. The third-order valence-electron chi connectivity index (χ3n) is 4.02. The number of hydrogen-bond donors (Lipinski definition) is 3. The third-order valence-corrected chi connectivity index (χ3v) is 4.02. The quantitative estimate of drug-likeness (QED) is 0.790. The van der Waals surface area contributed by atoms with Crippen LogP contribution in [0.15, 0.2) is 12.1 Å². The van der Waals surface area contributed by atoms with E-state index in [-0.39, 0.29) is 11.5 Å². The van der Waals surface area contributed by atoms with Crippen molar-refractivity contribution in [3.05, 3.63) is 29.1 Å². The van der Waals surface area contributed by atoms with Gasteiger partial charge in [-0.2, -0.15) is 0 Å². The molecule has 2 amide bonds. The summed E-state index contributed by atoms with van der Waals surface area (Å²) in [5.41, 5.74) is 5.26. The smallest absolute Gasteiger partial charge is 0.248 e. The molecule has 6 heteroatoms. The fourth-order valence-electron chi connectivity index (χ4n) is 2.47. The normalized spacial score (nSPS) is 21.9. The van der Waals surface area contributed by atoms with Crippen LogP contribution in [0.3, 0.4) is 0 Å². The van der Waals surface area contributed by atoms with Crippen molar-refractivity contribution in [1.29, 1.82) is 0 Å². The summed E-state index contributed by atoms with van der Waals surface area (Å²) in [5, 5.41) is 5.92. The second-order valence-corrected chi connectivity index (χ2v) is 5.79. The lowest BCUT2D eigenvalue weighted by Crippen LogP contribution is -2.46. The number of primary amides is 1. The molecule has 2 rings (SSSR count). The number of amides is 2. The van der Waals surface area contributed by atoms with E-state index in [0.29, 0.717) is 17.8 Å². The zero-order valence-electron chi connectivity index (χ0n) is 12.3. The highest BCUT2D eigenvalue weighted by Crippen LogP contribution is 2.29. The predicted molar refractivity (Wildman–Crippen MR) is 78.5 cm³/mol. The number of anilines is 1. The van der Waals surface area contributed by atoms with E-state index in [1.165, 1.54) is 6.07 Å². The second-order valence-electron chi connectivity index (χ2n) is 5.79. The van der Waals surface area contributed by atoms with Gasteiger partial charge in [-0.3, -0.25) is 9.59 Å². The number of piperidine rings is 1. The van der Waals surface area contributed by atoms with Crippen LogP contribution in [-0.4, -0.2) is 24.9 Å². The monoisotopic (exact) mass is 293 g/mol. The number of hydrogen-bond acceptors (Lipinski definition) is 3. The molecule has 1 aromatic rings. The number of halogens is 1. The minimum Gasteiger partial charge on any atom is -0.366 e. The standard InChI is InChI=1S/C15H20FN3O2/c1-9-11(16)6-10(13(17)20)7-12(9)19-14(21)15(2)4-3-5-18-8-15/h6-7,18H,3-5,8H2,1-2H3,(H2,17,20)(H,19,21). The molecule has 1 saturated heterocycles. The SMILES string of the molecule is Cc1c(F)cc(C(N)=O)cc1NC(=O)C1(C)CCCNC1. The minimum atomic E-state index is -0.727. The second kappa shape index (κ2) is 5.81. The lowest BCUT2D eigenvalue weighted by molar-refractivity contribution is -0.125. The van der Waals surface area contributed by atoms with E-state index in [9.17, 15) is 14.0 Å². The molecule has 1 fully saturated rings. The molecule has 0 aromatic heterocycles. The van der Waals surface area contributed by atoms with E-state index in [1.807, 2.05) is 6.92 Å². The Morgan fingerprint density at radius 3 is 2.71 bits per heavy atom. The molecule has 1 aliphatic heterocycles. The molecule has 4 N–H and O–H groups in total. The van der Waals surface area contributed by atoms with Gasteiger partial charge in [0.2, 0.25) is 11.8 Å². The van der Waals surface area contributed by atoms with E-state index >= 15 is 0 Å². The van der Waals surface area contributed by atoms with E-state index < -0.39 is 17.1 Å². The molecule has 0 spiro atoms. The molecule has 21 heavy (non-hydrogen) atoms. The van der Waals surface area contributed by atoms with Crippen LogP contribution in [0.4, 0.5) is 10.1 Å². The van der Waals surface area contributed by atoms with Crippen LogP contribution in [0.25, 0.3) is 0 Å². The van der Waals surface area contributed by atoms with E-state index in [2.05, 4.69) is 10.6 Å². The molecule has 0 aliphatic carbocycles. The molecule has 1 heterocycles. The molecular weight excluding hydrogens is 273 g/mol. The van der Waals surface area contributed by atoms with Crippen LogP contribution in [0.2, 0.25) is 0 Å². The highest BCUT2D eigenvalue weighted by molar-refractivity contribution is 5.99. The van der Waals surface area contributed by atoms with Crippen molar-refractivity contribution in [3.63, 3.8) is 0 Å². The molecule has 1 aromatic carbocycles. The first-order chi connectivity index (χ1) is 9.83. The summed E-state index contributed by atoms with van der Waals surface area (Å²) in [5.74, 6) is -1.47. The van der Waals surface area contributed by atoms with E-state index in [0.717, 1.165) is 25.5 Å². The van der Waals surface area contributed by atoms with Gasteiger partial charge in [-0.25, -0.2) is 4.39 Å². The summed E-state index contributed by atoms with van der Waals surface area (Å²) in [6.45, 7) is 4.90.